The number of aromatic nitrogens is 1. The summed E-state index contributed by atoms with van der Waals surface area (Å²) in [5.74, 6) is 0. The fourth-order valence-corrected chi connectivity index (χ4v) is 1.79. The molecule has 0 aliphatic rings. The summed E-state index contributed by atoms with van der Waals surface area (Å²) in [6, 6.07) is 1.99. The van der Waals surface area contributed by atoms with Crippen LogP contribution in [0.5, 0.6) is 0 Å². The number of hydrogen-bond acceptors (Lipinski definition) is 4. The lowest BCUT2D eigenvalue weighted by Crippen LogP contribution is -1.99. The molecular weight excluding hydrogens is 206 g/mol. The minimum absolute atomic E-state index is 0.298. The van der Waals surface area contributed by atoms with Crippen molar-refractivity contribution >= 4 is 28.1 Å². The summed E-state index contributed by atoms with van der Waals surface area (Å²) in [6.07, 6.45) is 2.23. The first-order valence-corrected chi connectivity index (χ1v) is 5.27. The van der Waals surface area contributed by atoms with Crippen molar-refractivity contribution in [2.75, 3.05) is 11.9 Å². The first-order chi connectivity index (χ1) is 6.27. The van der Waals surface area contributed by atoms with Crippen LogP contribution in [0.25, 0.3) is 0 Å². The average molecular weight is 216 g/mol. The molecule has 0 aliphatic carbocycles. The molecule has 0 spiro atoms. The number of halogens is 1. The van der Waals surface area contributed by atoms with Crippen LogP contribution in [0.15, 0.2) is 0 Å². The normalized spacial score (nSPS) is 9.62. The van der Waals surface area contributed by atoms with Gasteiger partial charge in [0.1, 0.15) is 10.9 Å². The van der Waals surface area contributed by atoms with Crippen molar-refractivity contribution < 1.29 is 0 Å². The molecule has 0 unspecified atom stereocenters. The zero-order valence-electron chi connectivity index (χ0n) is 7.30. The molecule has 1 aromatic heterocycles. The average Bonchev–Trinajstić information content (AvgIpc) is 2.47. The molecule has 0 amide bonds. The van der Waals surface area contributed by atoms with Crippen molar-refractivity contribution in [1.29, 1.82) is 5.26 Å². The van der Waals surface area contributed by atoms with Crippen molar-refractivity contribution in [3.63, 3.8) is 0 Å². The van der Waals surface area contributed by atoms with Gasteiger partial charge in [-0.3, -0.25) is 0 Å². The van der Waals surface area contributed by atoms with Crippen LogP contribution in [0.1, 0.15) is 24.6 Å². The number of anilines is 1. The zero-order chi connectivity index (χ0) is 9.68. The maximum atomic E-state index is 8.61. The number of nitriles is 1. The molecule has 0 fully saturated rings. The summed E-state index contributed by atoms with van der Waals surface area (Å²) >= 11 is 6.99. The molecule has 0 aliphatic heterocycles. The van der Waals surface area contributed by atoms with E-state index in [-0.39, 0.29) is 0 Å². The molecule has 1 N–H and O–H groups in total. The van der Waals surface area contributed by atoms with Crippen LogP contribution in [-0.2, 0) is 0 Å². The SMILES string of the molecule is CCCCNc1nc(Cl)c(C#N)s1. The topological polar surface area (TPSA) is 48.7 Å². The van der Waals surface area contributed by atoms with E-state index in [0.717, 1.165) is 24.5 Å². The second-order valence-electron chi connectivity index (χ2n) is 2.53. The highest BCUT2D eigenvalue weighted by Crippen LogP contribution is 2.25. The highest BCUT2D eigenvalue weighted by Gasteiger charge is 2.06. The number of hydrogen-bond donors (Lipinski definition) is 1. The van der Waals surface area contributed by atoms with E-state index in [4.69, 9.17) is 16.9 Å². The van der Waals surface area contributed by atoms with Gasteiger partial charge in [-0.15, -0.1) is 0 Å². The van der Waals surface area contributed by atoms with Crippen molar-refractivity contribution in [1.82, 2.24) is 4.98 Å². The first kappa shape index (κ1) is 10.3. The molecule has 1 aromatic rings. The fourth-order valence-electron chi connectivity index (χ4n) is 0.818. The van der Waals surface area contributed by atoms with Gasteiger partial charge in [-0.05, 0) is 6.42 Å². The Morgan fingerprint density at radius 1 is 1.69 bits per heavy atom. The number of rotatable bonds is 4. The highest BCUT2D eigenvalue weighted by atomic mass is 35.5. The van der Waals surface area contributed by atoms with E-state index < -0.39 is 0 Å². The van der Waals surface area contributed by atoms with Crippen LogP contribution in [0, 0.1) is 11.3 Å². The van der Waals surface area contributed by atoms with Gasteiger partial charge < -0.3 is 5.32 Å². The lowest BCUT2D eigenvalue weighted by atomic mass is 10.3. The minimum Gasteiger partial charge on any atom is -0.361 e. The standard InChI is InChI=1S/C8H10ClN3S/c1-2-3-4-11-8-12-7(9)6(5-10)13-8/h2-4H2,1H3,(H,11,12). The van der Waals surface area contributed by atoms with Crippen LogP contribution in [0.2, 0.25) is 5.15 Å². The predicted octanol–water partition coefficient (Wildman–Crippen LogP) is 2.88. The van der Waals surface area contributed by atoms with E-state index in [2.05, 4.69) is 17.2 Å². The van der Waals surface area contributed by atoms with E-state index in [9.17, 15) is 0 Å². The van der Waals surface area contributed by atoms with Gasteiger partial charge in [0.15, 0.2) is 10.3 Å². The van der Waals surface area contributed by atoms with Gasteiger partial charge >= 0.3 is 0 Å². The van der Waals surface area contributed by atoms with Crippen molar-refractivity contribution in [2.24, 2.45) is 0 Å². The second-order valence-corrected chi connectivity index (χ2v) is 3.89. The molecule has 0 saturated heterocycles. The van der Waals surface area contributed by atoms with Crippen LogP contribution in [0.3, 0.4) is 0 Å². The molecule has 0 radical (unpaired) electrons. The van der Waals surface area contributed by atoms with Crippen molar-refractivity contribution in [3.05, 3.63) is 10.0 Å². The maximum Gasteiger partial charge on any atom is 0.185 e. The molecule has 0 saturated carbocycles. The third-order valence-corrected chi connectivity index (χ3v) is 2.80. The Balaban J connectivity index is 2.54. The maximum absolute atomic E-state index is 8.61. The Labute approximate surface area is 86.4 Å². The Morgan fingerprint density at radius 2 is 2.46 bits per heavy atom. The van der Waals surface area contributed by atoms with Gasteiger partial charge in [-0.25, -0.2) is 4.98 Å². The van der Waals surface area contributed by atoms with E-state index >= 15 is 0 Å². The van der Waals surface area contributed by atoms with Crippen molar-refractivity contribution in [3.8, 4) is 6.07 Å². The Bertz CT molecular complexity index is 316. The number of nitrogens with one attached hydrogen (secondary N) is 1. The van der Waals surface area contributed by atoms with Gasteiger partial charge in [-0.2, -0.15) is 5.26 Å². The third-order valence-electron chi connectivity index (χ3n) is 1.49. The first-order valence-electron chi connectivity index (χ1n) is 4.08. The summed E-state index contributed by atoms with van der Waals surface area (Å²) in [6.45, 7) is 3.00. The Hall–Kier alpha value is -0.790. The zero-order valence-corrected chi connectivity index (χ0v) is 8.87. The van der Waals surface area contributed by atoms with Gasteiger partial charge in [-0.1, -0.05) is 36.3 Å². The van der Waals surface area contributed by atoms with E-state index in [1.807, 2.05) is 6.07 Å². The van der Waals surface area contributed by atoms with E-state index in [0.29, 0.717) is 10.0 Å². The largest absolute Gasteiger partial charge is 0.361 e. The lowest BCUT2D eigenvalue weighted by molar-refractivity contribution is 0.833. The Kier molecular flexibility index (Phi) is 4.00. The smallest absolute Gasteiger partial charge is 0.185 e. The number of unbranched alkanes of at least 4 members (excludes halogenated alkanes) is 1. The van der Waals surface area contributed by atoms with Crippen LogP contribution in [-0.4, -0.2) is 11.5 Å². The number of nitrogens with zero attached hydrogens (tertiary/aromatic N) is 2. The highest BCUT2D eigenvalue weighted by molar-refractivity contribution is 7.16. The van der Waals surface area contributed by atoms with Gasteiger partial charge in [0.25, 0.3) is 0 Å². The quantitative estimate of drug-likeness (QED) is 0.786. The van der Waals surface area contributed by atoms with Crippen LogP contribution in [0.4, 0.5) is 5.13 Å². The van der Waals surface area contributed by atoms with Gasteiger partial charge in [0.05, 0.1) is 0 Å². The summed E-state index contributed by atoms with van der Waals surface area (Å²) in [5, 5.41) is 12.8. The van der Waals surface area contributed by atoms with Crippen molar-refractivity contribution in [2.45, 2.75) is 19.8 Å². The monoisotopic (exact) mass is 215 g/mol. The summed E-state index contributed by atoms with van der Waals surface area (Å²) < 4.78 is 0. The predicted molar refractivity (Wildman–Crippen MR) is 55.2 cm³/mol. The molecule has 1 heterocycles. The van der Waals surface area contributed by atoms with Crippen LogP contribution >= 0.6 is 22.9 Å². The minimum atomic E-state index is 0.298. The molecule has 3 nitrogen and oxygen atoms in total. The number of thiazole rings is 1. The molecule has 5 heteroatoms. The van der Waals surface area contributed by atoms with Crippen LogP contribution < -0.4 is 5.32 Å². The molecule has 0 bridgehead atoms. The van der Waals surface area contributed by atoms with E-state index in [1.54, 1.807) is 0 Å². The molecule has 0 aromatic carbocycles. The Morgan fingerprint density at radius 3 is 3.00 bits per heavy atom. The van der Waals surface area contributed by atoms with Gasteiger partial charge in [0, 0.05) is 6.54 Å². The molecular formula is C8H10ClN3S. The summed E-state index contributed by atoms with van der Waals surface area (Å²) in [7, 11) is 0. The van der Waals surface area contributed by atoms with E-state index in [1.165, 1.54) is 11.3 Å². The summed E-state index contributed by atoms with van der Waals surface area (Å²) in [5.41, 5.74) is 0. The molecule has 13 heavy (non-hydrogen) atoms. The summed E-state index contributed by atoms with van der Waals surface area (Å²) in [4.78, 5) is 4.48. The molecule has 70 valence electrons. The third kappa shape index (κ3) is 2.87. The lowest BCUT2D eigenvalue weighted by Gasteiger charge is -1.98. The second kappa shape index (κ2) is 5.05. The molecule has 1 rings (SSSR count). The fraction of sp³-hybridized carbons (Fsp3) is 0.500. The van der Waals surface area contributed by atoms with Gasteiger partial charge in [0.2, 0.25) is 0 Å². The molecule has 0 atom stereocenters.